The maximum absolute atomic E-state index is 11.9. The number of rotatable bonds is 6. The van der Waals surface area contributed by atoms with Gasteiger partial charge in [0, 0.05) is 19.6 Å². The van der Waals surface area contributed by atoms with Gasteiger partial charge in [-0.3, -0.25) is 4.79 Å². The van der Waals surface area contributed by atoms with Crippen molar-refractivity contribution in [2.45, 2.75) is 40.2 Å². The standard InChI is InChI=1S/C20H32N4O2.HI/c1-5-9-22-19(25)13-23-20(21-6-2)24-10-11-26-18(14-24)17-8-7-15(3)12-16(17)4;/h7-8,12,18H,5-6,9-11,13-14H2,1-4H3,(H,21,23)(H,22,25);1H. The number of ether oxygens (including phenoxy) is 1. The van der Waals surface area contributed by atoms with Crippen LogP contribution in [-0.2, 0) is 9.53 Å². The molecule has 1 fully saturated rings. The summed E-state index contributed by atoms with van der Waals surface area (Å²) in [4.78, 5) is 18.6. The lowest BCUT2D eigenvalue weighted by atomic mass is 10.00. The molecule has 0 bridgehead atoms. The summed E-state index contributed by atoms with van der Waals surface area (Å²) in [6, 6.07) is 6.47. The Bertz CT molecular complexity index is 636. The number of carbonyl (C=O) groups excluding carboxylic acids is 1. The first-order valence-electron chi connectivity index (χ1n) is 9.53. The topological polar surface area (TPSA) is 66.0 Å². The summed E-state index contributed by atoms with van der Waals surface area (Å²) in [5, 5.41) is 6.16. The first-order chi connectivity index (χ1) is 12.5. The SMILES string of the molecule is CCCNC(=O)CN=C(NCC)N1CCOC(c2ccc(C)cc2C)C1.I. The van der Waals surface area contributed by atoms with Crippen molar-refractivity contribution in [2.75, 3.05) is 39.3 Å². The molecule has 0 radical (unpaired) electrons. The summed E-state index contributed by atoms with van der Waals surface area (Å²) < 4.78 is 6.02. The van der Waals surface area contributed by atoms with Crippen LogP contribution in [0.25, 0.3) is 0 Å². The Morgan fingerprint density at radius 1 is 1.30 bits per heavy atom. The molecule has 1 amide bonds. The van der Waals surface area contributed by atoms with Crippen LogP contribution in [-0.4, -0.2) is 56.1 Å². The number of morpholine rings is 1. The number of guanidine groups is 1. The highest BCUT2D eigenvalue weighted by Crippen LogP contribution is 2.25. The molecule has 1 unspecified atom stereocenters. The summed E-state index contributed by atoms with van der Waals surface area (Å²) >= 11 is 0. The normalized spacial score (nSPS) is 17.3. The minimum atomic E-state index is -0.0403. The predicted octanol–water partition coefficient (Wildman–Crippen LogP) is 2.79. The van der Waals surface area contributed by atoms with Gasteiger partial charge in [0.2, 0.25) is 5.91 Å². The minimum Gasteiger partial charge on any atom is -0.370 e. The molecule has 1 aromatic rings. The first-order valence-corrected chi connectivity index (χ1v) is 9.53. The summed E-state index contributed by atoms with van der Waals surface area (Å²) in [6.07, 6.45) is 0.943. The van der Waals surface area contributed by atoms with Crippen molar-refractivity contribution in [1.29, 1.82) is 0 Å². The number of carbonyl (C=O) groups is 1. The molecule has 2 N–H and O–H groups in total. The van der Waals surface area contributed by atoms with Crippen molar-refractivity contribution >= 4 is 35.8 Å². The molecule has 0 spiro atoms. The van der Waals surface area contributed by atoms with Crippen molar-refractivity contribution in [2.24, 2.45) is 4.99 Å². The molecule has 27 heavy (non-hydrogen) atoms. The summed E-state index contributed by atoms with van der Waals surface area (Å²) in [7, 11) is 0. The number of aryl methyl sites for hydroxylation is 2. The molecule has 152 valence electrons. The van der Waals surface area contributed by atoms with Crippen molar-refractivity contribution in [3.8, 4) is 0 Å². The van der Waals surface area contributed by atoms with Gasteiger partial charge in [0.05, 0.1) is 13.2 Å². The molecular formula is C20H33IN4O2. The van der Waals surface area contributed by atoms with Crippen LogP contribution in [0.5, 0.6) is 0 Å². The Morgan fingerprint density at radius 3 is 2.74 bits per heavy atom. The van der Waals surface area contributed by atoms with E-state index >= 15 is 0 Å². The zero-order valence-corrected chi connectivity index (χ0v) is 19.2. The lowest BCUT2D eigenvalue weighted by Crippen LogP contribution is -2.48. The Labute approximate surface area is 180 Å². The molecule has 7 heteroatoms. The third kappa shape index (κ3) is 7.29. The van der Waals surface area contributed by atoms with E-state index in [-0.39, 0.29) is 42.5 Å². The van der Waals surface area contributed by atoms with Crippen molar-refractivity contribution in [3.05, 3.63) is 34.9 Å². The summed E-state index contributed by atoms with van der Waals surface area (Å²) in [6.45, 7) is 12.0. The molecule has 0 saturated carbocycles. The smallest absolute Gasteiger partial charge is 0.241 e. The third-order valence-corrected chi connectivity index (χ3v) is 4.42. The van der Waals surface area contributed by atoms with Crippen LogP contribution in [0.2, 0.25) is 0 Å². The number of nitrogens with zero attached hydrogens (tertiary/aromatic N) is 2. The van der Waals surface area contributed by atoms with Gasteiger partial charge in [0.15, 0.2) is 5.96 Å². The molecule has 6 nitrogen and oxygen atoms in total. The largest absolute Gasteiger partial charge is 0.370 e. The number of hydrogen-bond donors (Lipinski definition) is 2. The minimum absolute atomic E-state index is 0. The van der Waals surface area contributed by atoms with Gasteiger partial charge in [-0.05, 0) is 38.3 Å². The number of amides is 1. The fourth-order valence-corrected chi connectivity index (χ4v) is 3.11. The number of benzene rings is 1. The molecular weight excluding hydrogens is 455 g/mol. The van der Waals surface area contributed by atoms with E-state index in [2.05, 4.69) is 52.6 Å². The molecule has 2 rings (SSSR count). The second-order valence-corrected chi connectivity index (χ2v) is 6.69. The molecule has 1 aliphatic heterocycles. The molecule has 1 aromatic carbocycles. The van der Waals surface area contributed by atoms with Gasteiger partial charge in [0.1, 0.15) is 12.6 Å². The van der Waals surface area contributed by atoms with E-state index in [1.54, 1.807) is 0 Å². The van der Waals surface area contributed by atoms with Crippen molar-refractivity contribution < 1.29 is 9.53 Å². The third-order valence-electron chi connectivity index (χ3n) is 4.42. The van der Waals surface area contributed by atoms with E-state index in [4.69, 9.17) is 4.74 Å². The van der Waals surface area contributed by atoms with Gasteiger partial charge in [0.25, 0.3) is 0 Å². The Morgan fingerprint density at radius 2 is 2.07 bits per heavy atom. The Hall–Kier alpha value is -1.35. The second kappa shape index (κ2) is 12.2. The van der Waals surface area contributed by atoms with Crippen LogP contribution in [0.1, 0.15) is 43.1 Å². The number of aliphatic imine (C=N–C) groups is 1. The van der Waals surface area contributed by atoms with Crippen LogP contribution < -0.4 is 10.6 Å². The van der Waals surface area contributed by atoms with Gasteiger partial charge >= 0.3 is 0 Å². The van der Waals surface area contributed by atoms with Gasteiger partial charge in [-0.25, -0.2) is 4.99 Å². The number of hydrogen-bond acceptors (Lipinski definition) is 3. The zero-order valence-electron chi connectivity index (χ0n) is 16.9. The summed E-state index contributed by atoms with van der Waals surface area (Å²) in [5.74, 6) is 0.735. The average molecular weight is 488 g/mol. The fourth-order valence-electron chi connectivity index (χ4n) is 3.11. The maximum atomic E-state index is 11.9. The van der Waals surface area contributed by atoms with Gasteiger partial charge in [-0.2, -0.15) is 0 Å². The van der Waals surface area contributed by atoms with Crippen LogP contribution in [0.3, 0.4) is 0 Å². The number of nitrogens with one attached hydrogen (secondary N) is 2. The molecule has 1 saturated heterocycles. The monoisotopic (exact) mass is 488 g/mol. The van der Waals surface area contributed by atoms with Crippen LogP contribution in [0.15, 0.2) is 23.2 Å². The van der Waals surface area contributed by atoms with E-state index in [0.717, 1.165) is 32.0 Å². The molecule has 1 heterocycles. The molecule has 1 atom stereocenters. The molecule has 0 aliphatic carbocycles. The van der Waals surface area contributed by atoms with Crippen molar-refractivity contribution in [1.82, 2.24) is 15.5 Å². The van der Waals surface area contributed by atoms with Crippen LogP contribution in [0.4, 0.5) is 0 Å². The van der Waals surface area contributed by atoms with E-state index in [9.17, 15) is 4.79 Å². The van der Waals surface area contributed by atoms with Crippen LogP contribution >= 0.6 is 24.0 Å². The van der Waals surface area contributed by atoms with E-state index in [1.807, 2.05) is 13.8 Å². The Kier molecular flexibility index (Phi) is 10.7. The highest BCUT2D eigenvalue weighted by atomic mass is 127. The fraction of sp³-hybridized carbons (Fsp3) is 0.600. The zero-order chi connectivity index (χ0) is 18.9. The predicted molar refractivity (Wildman–Crippen MR) is 121 cm³/mol. The highest BCUT2D eigenvalue weighted by Gasteiger charge is 2.25. The van der Waals surface area contributed by atoms with E-state index in [1.165, 1.54) is 16.7 Å². The lowest BCUT2D eigenvalue weighted by molar-refractivity contribution is -0.119. The highest BCUT2D eigenvalue weighted by molar-refractivity contribution is 14.0. The number of halogens is 1. The summed E-state index contributed by atoms with van der Waals surface area (Å²) in [5.41, 5.74) is 3.72. The van der Waals surface area contributed by atoms with Gasteiger partial charge in [-0.15, -0.1) is 24.0 Å². The van der Waals surface area contributed by atoms with E-state index < -0.39 is 0 Å². The Balaban J connectivity index is 0.00000364. The lowest BCUT2D eigenvalue weighted by Gasteiger charge is -2.35. The molecule has 1 aliphatic rings. The average Bonchev–Trinajstić information content (AvgIpc) is 2.63. The van der Waals surface area contributed by atoms with Gasteiger partial charge in [-0.1, -0.05) is 30.7 Å². The van der Waals surface area contributed by atoms with Crippen molar-refractivity contribution in [3.63, 3.8) is 0 Å². The maximum Gasteiger partial charge on any atom is 0.241 e. The van der Waals surface area contributed by atoms with Crippen LogP contribution in [0, 0.1) is 13.8 Å². The quantitative estimate of drug-likeness (QED) is 0.367. The second-order valence-electron chi connectivity index (χ2n) is 6.69. The first kappa shape index (κ1) is 23.7. The van der Waals surface area contributed by atoms with E-state index in [0.29, 0.717) is 13.2 Å². The van der Waals surface area contributed by atoms with Gasteiger partial charge < -0.3 is 20.3 Å². The molecule has 0 aromatic heterocycles.